The van der Waals surface area contributed by atoms with Crippen LogP contribution in [0.3, 0.4) is 0 Å². The van der Waals surface area contributed by atoms with Crippen LogP contribution in [0.4, 0.5) is 4.39 Å². The van der Waals surface area contributed by atoms with Gasteiger partial charge in [-0.15, -0.1) is 0 Å². The molecule has 0 aliphatic rings. The lowest BCUT2D eigenvalue weighted by Gasteiger charge is -2.13. The van der Waals surface area contributed by atoms with Gasteiger partial charge in [0.25, 0.3) is 5.91 Å². The number of fused-ring (bicyclic) bond motifs is 1. The molecule has 0 bridgehead atoms. The maximum absolute atomic E-state index is 13.6. The van der Waals surface area contributed by atoms with Crippen molar-refractivity contribution in [1.29, 1.82) is 0 Å². The number of para-hydroxylation sites is 1. The predicted octanol–water partition coefficient (Wildman–Crippen LogP) is 1.94. The quantitative estimate of drug-likeness (QED) is 0.774. The van der Waals surface area contributed by atoms with Gasteiger partial charge >= 0.3 is 0 Å². The van der Waals surface area contributed by atoms with E-state index in [1.54, 1.807) is 36.7 Å². The molecule has 6 nitrogen and oxygen atoms in total. The minimum Gasteiger partial charge on any atom is -0.355 e. The van der Waals surface area contributed by atoms with Crippen molar-refractivity contribution in [3.05, 3.63) is 53.9 Å². The highest BCUT2D eigenvalue weighted by Crippen LogP contribution is 2.27. The average molecular weight is 313 g/mol. The first-order valence-electron chi connectivity index (χ1n) is 7.13. The molecule has 0 saturated heterocycles. The highest BCUT2D eigenvalue weighted by atomic mass is 19.1. The molecule has 0 aliphatic heterocycles. The lowest BCUT2D eigenvalue weighted by Crippen LogP contribution is -2.19. The molecule has 2 heterocycles. The van der Waals surface area contributed by atoms with Crippen molar-refractivity contribution < 1.29 is 9.18 Å². The summed E-state index contributed by atoms with van der Waals surface area (Å²) in [6.07, 6.45) is 2.63. The summed E-state index contributed by atoms with van der Waals surface area (Å²) in [6.45, 7) is 1.78. The van der Waals surface area contributed by atoms with Crippen molar-refractivity contribution in [1.82, 2.24) is 19.9 Å². The summed E-state index contributed by atoms with van der Waals surface area (Å²) in [5, 5.41) is 2.60. The first kappa shape index (κ1) is 15.1. The van der Waals surface area contributed by atoms with E-state index in [4.69, 9.17) is 5.73 Å². The van der Waals surface area contributed by atoms with E-state index in [9.17, 15) is 9.18 Å². The van der Waals surface area contributed by atoms with E-state index in [2.05, 4.69) is 15.3 Å². The Morgan fingerprint density at radius 3 is 2.83 bits per heavy atom. The summed E-state index contributed by atoms with van der Waals surface area (Å²) in [5.41, 5.74) is 8.11. The largest absolute Gasteiger partial charge is 0.355 e. The Hall–Kier alpha value is -2.80. The number of hydrogen-bond acceptors (Lipinski definition) is 4. The van der Waals surface area contributed by atoms with E-state index in [-0.39, 0.29) is 5.91 Å². The maximum Gasteiger partial charge on any atom is 0.253 e. The number of nitrogens with one attached hydrogen (secondary N) is 1. The molecular formula is C16H16FN5O. The van der Waals surface area contributed by atoms with E-state index in [1.165, 1.54) is 12.3 Å². The molecule has 2 aromatic heterocycles. The third-order valence-electron chi connectivity index (χ3n) is 3.53. The summed E-state index contributed by atoms with van der Waals surface area (Å²) < 4.78 is 15.3. The fourth-order valence-corrected chi connectivity index (χ4v) is 2.55. The molecule has 3 N–H and O–H groups in total. The van der Waals surface area contributed by atoms with Crippen LogP contribution in [0.2, 0.25) is 0 Å². The third-order valence-corrected chi connectivity index (χ3v) is 3.53. The SMILES string of the molecule is CNC(=O)c1cccc2nc([C@@H](C)N)n(-c3cncc(F)c3)c12. The first-order chi connectivity index (χ1) is 11.0. The number of benzene rings is 1. The van der Waals surface area contributed by atoms with Gasteiger partial charge in [-0.1, -0.05) is 6.07 Å². The highest BCUT2D eigenvalue weighted by molar-refractivity contribution is 6.05. The number of pyridine rings is 1. The smallest absolute Gasteiger partial charge is 0.253 e. The maximum atomic E-state index is 13.6. The number of hydrogen-bond donors (Lipinski definition) is 2. The summed E-state index contributed by atoms with van der Waals surface area (Å²) in [6, 6.07) is 6.16. The van der Waals surface area contributed by atoms with Gasteiger partial charge in [0.2, 0.25) is 0 Å². The molecule has 118 valence electrons. The van der Waals surface area contributed by atoms with Crippen molar-refractivity contribution in [2.45, 2.75) is 13.0 Å². The number of rotatable bonds is 3. The second-order valence-electron chi connectivity index (χ2n) is 5.21. The lowest BCUT2D eigenvalue weighted by molar-refractivity contribution is 0.0964. The molecule has 0 saturated carbocycles. The van der Waals surface area contributed by atoms with Gasteiger partial charge < -0.3 is 11.1 Å². The Morgan fingerprint density at radius 2 is 2.17 bits per heavy atom. The van der Waals surface area contributed by atoms with Gasteiger partial charge in [-0.2, -0.15) is 0 Å². The Morgan fingerprint density at radius 1 is 1.39 bits per heavy atom. The molecule has 3 rings (SSSR count). The predicted molar refractivity (Wildman–Crippen MR) is 84.8 cm³/mol. The number of nitrogens with two attached hydrogens (primary N) is 1. The van der Waals surface area contributed by atoms with Crippen LogP contribution in [-0.2, 0) is 0 Å². The van der Waals surface area contributed by atoms with Crippen molar-refractivity contribution in [3.63, 3.8) is 0 Å². The van der Waals surface area contributed by atoms with Crippen LogP contribution in [0.1, 0.15) is 29.1 Å². The Balaban J connectivity index is 2.41. The summed E-state index contributed by atoms with van der Waals surface area (Å²) >= 11 is 0. The fraction of sp³-hybridized carbons (Fsp3) is 0.188. The molecule has 23 heavy (non-hydrogen) atoms. The van der Waals surface area contributed by atoms with Crippen molar-refractivity contribution in [3.8, 4) is 5.69 Å². The number of imidazole rings is 1. The third kappa shape index (κ3) is 2.55. The minimum atomic E-state index is -0.475. The molecule has 0 aliphatic carbocycles. The minimum absolute atomic E-state index is 0.252. The van der Waals surface area contributed by atoms with E-state index in [0.29, 0.717) is 28.1 Å². The van der Waals surface area contributed by atoms with Crippen molar-refractivity contribution in [2.75, 3.05) is 7.05 Å². The second kappa shape index (κ2) is 5.77. The van der Waals surface area contributed by atoms with Gasteiger partial charge in [-0.25, -0.2) is 9.37 Å². The zero-order valence-corrected chi connectivity index (χ0v) is 12.7. The van der Waals surface area contributed by atoms with Crippen LogP contribution >= 0.6 is 0 Å². The lowest BCUT2D eigenvalue weighted by atomic mass is 10.1. The molecule has 0 unspecified atom stereocenters. The number of aromatic nitrogens is 3. The molecule has 0 spiro atoms. The van der Waals surface area contributed by atoms with Gasteiger partial charge in [0.15, 0.2) is 0 Å². The molecule has 1 amide bonds. The molecule has 7 heteroatoms. The summed E-state index contributed by atoms with van der Waals surface area (Å²) in [4.78, 5) is 20.6. The number of carbonyl (C=O) groups is 1. The van der Waals surface area contributed by atoms with E-state index in [1.807, 2.05) is 0 Å². The monoisotopic (exact) mass is 313 g/mol. The van der Waals surface area contributed by atoms with Gasteiger partial charge in [-0.05, 0) is 19.1 Å². The number of carbonyl (C=O) groups excluding carboxylic acids is 1. The zero-order chi connectivity index (χ0) is 16.6. The van der Waals surface area contributed by atoms with Crippen molar-refractivity contribution in [2.24, 2.45) is 5.73 Å². The highest BCUT2D eigenvalue weighted by Gasteiger charge is 2.20. The van der Waals surface area contributed by atoms with E-state index < -0.39 is 11.9 Å². The van der Waals surface area contributed by atoms with Gasteiger partial charge in [-0.3, -0.25) is 14.3 Å². The van der Waals surface area contributed by atoms with Crippen molar-refractivity contribution >= 4 is 16.9 Å². The second-order valence-corrected chi connectivity index (χ2v) is 5.21. The molecule has 0 radical (unpaired) electrons. The van der Waals surface area contributed by atoms with E-state index in [0.717, 1.165) is 6.20 Å². The molecule has 1 atom stereocenters. The van der Waals surface area contributed by atoms with Gasteiger partial charge in [0.1, 0.15) is 11.6 Å². The van der Waals surface area contributed by atoms with Crippen LogP contribution in [0.5, 0.6) is 0 Å². The average Bonchev–Trinajstić information content (AvgIpc) is 2.93. The summed E-state index contributed by atoms with van der Waals surface area (Å²) in [5.74, 6) is -0.196. The zero-order valence-electron chi connectivity index (χ0n) is 12.7. The molecule has 0 fully saturated rings. The van der Waals surface area contributed by atoms with Crippen LogP contribution in [-0.4, -0.2) is 27.5 Å². The fourth-order valence-electron chi connectivity index (χ4n) is 2.55. The van der Waals surface area contributed by atoms with Crippen LogP contribution in [0.25, 0.3) is 16.7 Å². The van der Waals surface area contributed by atoms with Crippen LogP contribution in [0, 0.1) is 5.82 Å². The Labute approximate surface area is 132 Å². The Bertz CT molecular complexity index is 887. The molecule has 1 aromatic carbocycles. The van der Waals surface area contributed by atoms with Gasteiger partial charge in [0.05, 0.1) is 40.7 Å². The standard InChI is InChI=1S/C16H16FN5O/c1-9(18)15-21-13-5-3-4-12(16(23)19-2)14(13)22(15)11-6-10(17)7-20-8-11/h3-9H,18H2,1-2H3,(H,19,23)/t9-/m1/s1. The molecular weight excluding hydrogens is 297 g/mol. The molecule has 3 aromatic rings. The number of halogens is 1. The van der Waals surface area contributed by atoms with Crippen LogP contribution in [0.15, 0.2) is 36.7 Å². The number of nitrogens with zero attached hydrogens (tertiary/aromatic N) is 3. The number of amides is 1. The Kier molecular flexibility index (Phi) is 3.79. The van der Waals surface area contributed by atoms with E-state index >= 15 is 0 Å². The topological polar surface area (TPSA) is 85.8 Å². The first-order valence-corrected chi connectivity index (χ1v) is 7.13. The van der Waals surface area contributed by atoms with Crippen LogP contribution < -0.4 is 11.1 Å². The normalized spacial score (nSPS) is 12.3. The summed E-state index contributed by atoms with van der Waals surface area (Å²) in [7, 11) is 1.55. The van der Waals surface area contributed by atoms with Gasteiger partial charge in [0, 0.05) is 13.1 Å².